The first-order valence-electron chi connectivity index (χ1n) is 6.09. The molecular formula is C14H15ClN4. The Bertz CT molecular complexity index is 754. The van der Waals surface area contributed by atoms with Crippen molar-refractivity contribution in [1.29, 1.82) is 0 Å². The number of nitrogens with two attached hydrogens (primary N) is 1. The van der Waals surface area contributed by atoms with Gasteiger partial charge >= 0.3 is 0 Å². The summed E-state index contributed by atoms with van der Waals surface area (Å²) in [5, 5.41) is 6.15. The molecule has 3 aromatic rings. The molecule has 0 aliphatic heterocycles. The third-order valence-corrected chi connectivity index (χ3v) is 3.89. The number of halogens is 1. The van der Waals surface area contributed by atoms with Crippen LogP contribution in [0.2, 0.25) is 5.15 Å². The lowest BCUT2D eigenvalue weighted by atomic mass is 10.2. The van der Waals surface area contributed by atoms with Crippen LogP contribution in [0.15, 0.2) is 30.5 Å². The highest BCUT2D eigenvalue weighted by Crippen LogP contribution is 2.26. The average molecular weight is 275 g/mol. The molecule has 0 aliphatic rings. The predicted octanol–water partition coefficient (Wildman–Crippen LogP) is 2.97. The van der Waals surface area contributed by atoms with Crippen LogP contribution in [-0.4, -0.2) is 14.3 Å². The van der Waals surface area contributed by atoms with Gasteiger partial charge in [-0.2, -0.15) is 5.10 Å². The monoisotopic (exact) mass is 274 g/mol. The fourth-order valence-electron chi connectivity index (χ4n) is 2.45. The lowest BCUT2D eigenvalue weighted by Crippen LogP contribution is -2.01. The second-order valence-corrected chi connectivity index (χ2v) is 5.07. The van der Waals surface area contributed by atoms with Crippen LogP contribution in [0.5, 0.6) is 0 Å². The minimum atomic E-state index is 0.675. The molecule has 0 bridgehead atoms. The van der Waals surface area contributed by atoms with Gasteiger partial charge in [-0.3, -0.25) is 4.68 Å². The summed E-state index contributed by atoms with van der Waals surface area (Å²) in [4.78, 5) is 0. The van der Waals surface area contributed by atoms with Crippen LogP contribution in [0.1, 0.15) is 11.3 Å². The summed E-state index contributed by atoms with van der Waals surface area (Å²) in [6, 6.07) is 7.99. The number of aromatic nitrogens is 3. The van der Waals surface area contributed by atoms with E-state index in [-0.39, 0.29) is 0 Å². The van der Waals surface area contributed by atoms with Gasteiger partial charge in [0.05, 0.1) is 23.4 Å². The van der Waals surface area contributed by atoms with E-state index in [2.05, 4.69) is 21.8 Å². The highest BCUT2D eigenvalue weighted by molar-refractivity contribution is 6.30. The molecule has 2 heterocycles. The van der Waals surface area contributed by atoms with E-state index in [4.69, 9.17) is 17.3 Å². The molecule has 5 heteroatoms. The zero-order chi connectivity index (χ0) is 13.6. The molecule has 0 atom stereocenters. The molecule has 0 saturated heterocycles. The number of anilines is 1. The number of hydrogen-bond donors (Lipinski definition) is 1. The van der Waals surface area contributed by atoms with Crippen molar-refractivity contribution < 1.29 is 0 Å². The van der Waals surface area contributed by atoms with Crippen molar-refractivity contribution in [3.8, 4) is 0 Å². The van der Waals surface area contributed by atoms with Gasteiger partial charge in [-0.15, -0.1) is 0 Å². The number of fused-ring (bicyclic) bond motifs is 1. The molecule has 0 amide bonds. The van der Waals surface area contributed by atoms with Crippen LogP contribution in [0.25, 0.3) is 10.9 Å². The van der Waals surface area contributed by atoms with Crippen LogP contribution in [-0.2, 0) is 13.6 Å². The van der Waals surface area contributed by atoms with Crippen LogP contribution < -0.4 is 5.73 Å². The van der Waals surface area contributed by atoms with Crippen LogP contribution in [0.3, 0.4) is 0 Å². The molecule has 4 nitrogen and oxygen atoms in total. The first-order chi connectivity index (χ1) is 9.08. The Morgan fingerprint density at radius 3 is 2.79 bits per heavy atom. The van der Waals surface area contributed by atoms with Crippen molar-refractivity contribution >= 4 is 28.2 Å². The molecule has 98 valence electrons. The van der Waals surface area contributed by atoms with E-state index in [1.54, 1.807) is 4.68 Å². The summed E-state index contributed by atoms with van der Waals surface area (Å²) < 4.78 is 3.81. The second kappa shape index (κ2) is 4.31. The summed E-state index contributed by atoms with van der Waals surface area (Å²) in [6.07, 6.45) is 2.03. The summed E-state index contributed by atoms with van der Waals surface area (Å²) in [7, 11) is 1.85. The van der Waals surface area contributed by atoms with E-state index in [1.165, 1.54) is 0 Å². The fraction of sp³-hybridized carbons (Fsp3) is 0.214. The SMILES string of the molecule is Cc1nn(C)c(Cl)c1Cn1ccc2cccc(N)c21. The molecule has 0 spiro atoms. The quantitative estimate of drug-likeness (QED) is 0.731. The van der Waals surface area contributed by atoms with Gasteiger partial charge in [-0.1, -0.05) is 23.7 Å². The molecular weight excluding hydrogens is 260 g/mol. The van der Waals surface area contributed by atoms with E-state index in [1.807, 2.05) is 32.3 Å². The molecule has 2 N–H and O–H groups in total. The number of rotatable bonds is 2. The van der Waals surface area contributed by atoms with Gasteiger partial charge in [0.2, 0.25) is 0 Å². The Balaban J connectivity index is 2.11. The van der Waals surface area contributed by atoms with Gasteiger partial charge in [0.25, 0.3) is 0 Å². The number of aryl methyl sites for hydroxylation is 2. The smallest absolute Gasteiger partial charge is 0.131 e. The summed E-state index contributed by atoms with van der Waals surface area (Å²) in [6.45, 7) is 2.65. The lowest BCUT2D eigenvalue weighted by molar-refractivity contribution is 0.757. The highest BCUT2D eigenvalue weighted by Gasteiger charge is 2.13. The number of hydrogen-bond acceptors (Lipinski definition) is 2. The van der Waals surface area contributed by atoms with E-state index in [0.29, 0.717) is 11.7 Å². The topological polar surface area (TPSA) is 48.8 Å². The number of para-hydroxylation sites is 1. The van der Waals surface area contributed by atoms with Gasteiger partial charge in [0, 0.05) is 24.2 Å². The van der Waals surface area contributed by atoms with Crippen molar-refractivity contribution in [1.82, 2.24) is 14.3 Å². The number of nitrogens with zero attached hydrogens (tertiary/aromatic N) is 3. The number of benzene rings is 1. The maximum Gasteiger partial charge on any atom is 0.131 e. The minimum absolute atomic E-state index is 0.675. The Morgan fingerprint density at radius 1 is 1.32 bits per heavy atom. The maximum atomic E-state index is 6.28. The summed E-state index contributed by atoms with van der Waals surface area (Å²) in [5.74, 6) is 0. The van der Waals surface area contributed by atoms with Crippen LogP contribution in [0, 0.1) is 6.92 Å². The Labute approximate surface area is 116 Å². The van der Waals surface area contributed by atoms with Crippen molar-refractivity contribution in [2.24, 2.45) is 7.05 Å². The molecule has 0 saturated carbocycles. The van der Waals surface area contributed by atoms with Gasteiger partial charge in [0.15, 0.2) is 0 Å². The van der Waals surface area contributed by atoms with E-state index >= 15 is 0 Å². The minimum Gasteiger partial charge on any atom is -0.397 e. The molecule has 0 unspecified atom stereocenters. The predicted molar refractivity (Wildman–Crippen MR) is 78.4 cm³/mol. The molecule has 1 aromatic carbocycles. The summed E-state index contributed by atoms with van der Waals surface area (Å²) >= 11 is 6.28. The van der Waals surface area contributed by atoms with E-state index in [0.717, 1.165) is 27.8 Å². The molecule has 19 heavy (non-hydrogen) atoms. The van der Waals surface area contributed by atoms with Gasteiger partial charge in [-0.25, -0.2) is 0 Å². The van der Waals surface area contributed by atoms with E-state index in [9.17, 15) is 0 Å². The second-order valence-electron chi connectivity index (χ2n) is 4.71. The zero-order valence-corrected chi connectivity index (χ0v) is 11.6. The average Bonchev–Trinajstić information content (AvgIpc) is 2.88. The lowest BCUT2D eigenvalue weighted by Gasteiger charge is -2.07. The maximum absolute atomic E-state index is 6.28. The number of nitrogen functional groups attached to an aromatic ring is 1. The third kappa shape index (κ3) is 1.88. The zero-order valence-electron chi connectivity index (χ0n) is 10.9. The Morgan fingerprint density at radius 2 is 2.11 bits per heavy atom. The molecule has 0 radical (unpaired) electrons. The van der Waals surface area contributed by atoms with Gasteiger partial charge in [-0.05, 0) is 19.1 Å². The summed E-state index contributed by atoms with van der Waals surface area (Å²) in [5.41, 5.74) is 9.86. The van der Waals surface area contributed by atoms with Crippen molar-refractivity contribution in [3.63, 3.8) is 0 Å². The molecule has 0 aliphatic carbocycles. The fourth-order valence-corrected chi connectivity index (χ4v) is 2.68. The van der Waals surface area contributed by atoms with E-state index < -0.39 is 0 Å². The van der Waals surface area contributed by atoms with Gasteiger partial charge < -0.3 is 10.3 Å². The van der Waals surface area contributed by atoms with Crippen LogP contribution >= 0.6 is 11.6 Å². The van der Waals surface area contributed by atoms with Gasteiger partial charge in [0.1, 0.15) is 5.15 Å². The van der Waals surface area contributed by atoms with Crippen molar-refractivity contribution in [3.05, 3.63) is 46.9 Å². The van der Waals surface area contributed by atoms with Crippen LogP contribution in [0.4, 0.5) is 5.69 Å². The van der Waals surface area contributed by atoms with Crippen molar-refractivity contribution in [2.45, 2.75) is 13.5 Å². The Hall–Kier alpha value is -1.94. The molecule has 3 rings (SSSR count). The largest absolute Gasteiger partial charge is 0.397 e. The van der Waals surface area contributed by atoms with Crippen molar-refractivity contribution in [2.75, 3.05) is 5.73 Å². The molecule has 2 aromatic heterocycles. The normalized spacial score (nSPS) is 11.3. The first kappa shape index (κ1) is 12.1. The third-order valence-electron chi connectivity index (χ3n) is 3.42. The molecule has 0 fully saturated rings. The standard InChI is InChI=1S/C14H15ClN4/c1-9-11(14(15)18(2)17-9)8-19-7-6-10-4-3-5-12(16)13(10)19/h3-7H,8,16H2,1-2H3. The Kier molecular flexibility index (Phi) is 2.75. The first-order valence-corrected chi connectivity index (χ1v) is 6.47. The highest BCUT2D eigenvalue weighted by atomic mass is 35.5.